The monoisotopic (exact) mass is 293 g/mol. The summed E-state index contributed by atoms with van der Waals surface area (Å²) in [5, 5.41) is 12.4. The second kappa shape index (κ2) is 6.54. The number of hydrogen-bond donors (Lipinski definition) is 1. The van der Waals surface area contributed by atoms with E-state index in [2.05, 4.69) is 32.3 Å². The second-order valence-electron chi connectivity index (χ2n) is 5.70. The molecule has 0 spiro atoms. The Hall–Kier alpha value is -2.45. The molecule has 5 heteroatoms. The largest absolute Gasteiger partial charge is 0.350 e. The molecule has 1 aromatic heterocycles. The van der Waals surface area contributed by atoms with E-state index in [0.717, 1.165) is 37.3 Å². The fraction of sp³-hybridized carbons (Fsp3) is 0.353. The average molecular weight is 293 g/mol. The predicted octanol–water partition coefficient (Wildman–Crippen LogP) is 2.34. The highest BCUT2D eigenvalue weighted by atomic mass is 15.2. The van der Waals surface area contributed by atoms with E-state index in [0.29, 0.717) is 12.0 Å². The van der Waals surface area contributed by atoms with Crippen molar-refractivity contribution in [2.45, 2.75) is 25.9 Å². The first-order valence-electron chi connectivity index (χ1n) is 7.50. The van der Waals surface area contributed by atoms with Gasteiger partial charge >= 0.3 is 0 Å². The predicted molar refractivity (Wildman–Crippen MR) is 85.2 cm³/mol. The number of benzene rings is 1. The van der Waals surface area contributed by atoms with Crippen LogP contribution in [0.25, 0.3) is 0 Å². The molecule has 0 aliphatic carbocycles. The van der Waals surface area contributed by atoms with Gasteiger partial charge in [-0.3, -0.25) is 4.90 Å². The van der Waals surface area contributed by atoms with Crippen LogP contribution in [0.2, 0.25) is 0 Å². The van der Waals surface area contributed by atoms with Crippen LogP contribution in [-0.4, -0.2) is 34.0 Å². The number of aryl methyl sites for hydroxylation is 1. The van der Waals surface area contributed by atoms with Crippen molar-refractivity contribution < 1.29 is 0 Å². The van der Waals surface area contributed by atoms with Gasteiger partial charge in [0, 0.05) is 37.6 Å². The van der Waals surface area contributed by atoms with Crippen molar-refractivity contribution in [3.05, 3.63) is 53.3 Å². The van der Waals surface area contributed by atoms with Gasteiger partial charge in [0.15, 0.2) is 0 Å². The molecule has 2 aromatic rings. The van der Waals surface area contributed by atoms with Crippen LogP contribution in [0.15, 0.2) is 36.5 Å². The summed E-state index contributed by atoms with van der Waals surface area (Å²) < 4.78 is 0. The molecule has 2 heterocycles. The molecule has 0 amide bonds. The van der Waals surface area contributed by atoms with Crippen molar-refractivity contribution in [3.8, 4) is 6.07 Å². The quantitative estimate of drug-likeness (QED) is 0.937. The van der Waals surface area contributed by atoms with Gasteiger partial charge in [-0.05, 0) is 37.1 Å². The molecular formula is C17H19N5. The molecule has 1 aromatic carbocycles. The summed E-state index contributed by atoms with van der Waals surface area (Å²) in [5.41, 5.74) is 2.88. The molecule has 0 radical (unpaired) electrons. The minimum atomic E-state index is 0.376. The summed E-state index contributed by atoms with van der Waals surface area (Å²) in [5.74, 6) is 0.707. The number of likely N-dealkylation sites (tertiary alicyclic amines) is 1. The number of nitrogens with zero attached hydrogens (tertiary/aromatic N) is 4. The molecule has 0 bridgehead atoms. The number of aromatic nitrogens is 2. The Morgan fingerprint density at radius 3 is 3.14 bits per heavy atom. The molecule has 1 N–H and O–H groups in total. The minimum absolute atomic E-state index is 0.376. The van der Waals surface area contributed by atoms with Gasteiger partial charge in [0.1, 0.15) is 0 Å². The highest BCUT2D eigenvalue weighted by Gasteiger charge is 2.22. The first kappa shape index (κ1) is 14.5. The lowest BCUT2D eigenvalue weighted by molar-refractivity contribution is 0.328. The molecule has 1 atom stereocenters. The number of nitriles is 1. The highest BCUT2D eigenvalue weighted by Crippen LogP contribution is 2.16. The number of nitrogens with one attached hydrogen (secondary N) is 1. The van der Waals surface area contributed by atoms with E-state index < -0.39 is 0 Å². The van der Waals surface area contributed by atoms with E-state index in [9.17, 15) is 0 Å². The zero-order valence-electron chi connectivity index (χ0n) is 12.7. The van der Waals surface area contributed by atoms with Crippen LogP contribution < -0.4 is 5.32 Å². The third-order valence-electron chi connectivity index (χ3n) is 3.86. The molecule has 112 valence electrons. The van der Waals surface area contributed by atoms with Gasteiger partial charge in [-0.25, -0.2) is 9.97 Å². The van der Waals surface area contributed by atoms with Gasteiger partial charge in [0.05, 0.1) is 11.6 Å². The maximum absolute atomic E-state index is 8.96. The van der Waals surface area contributed by atoms with Gasteiger partial charge < -0.3 is 5.32 Å². The van der Waals surface area contributed by atoms with Crippen LogP contribution in [0, 0.1) is 18.3 Å². The van der Waals surface area contributed by atoms with E-state index in [1.807, 2.05) is 31.2 Å². The van der Waals surface area contributed by atoms with E-state index in [1.54, 1.807) is 6.20 Å². The van der Waals surface area contributed by atoms with Crippen molar-refractivity contribution in [2.75, 3.05) is 18.4 Å². The van der Waals surface area contributed by atoms with Crippen molar-refractivity contribution in [1.29, 1.82) is 5.26 Å². The van der Waals surface area contributed by atoms with Crippen molar-refractivity contribution in [2.24, 2.45) is 0 Å². The third kappa shape index (κ3) is 3.60. The lowest BCUT2D eigenvalue weighted by Gasteiger charge is -2.17. The van der Waals surface area contributed by atoms with Crippen LogP contribution in [-0.2, 0) is 6.54 Å². The first-order valence-corrected chi connectivity index (χ1v) is 7.50. The standard InChI is InChI=1S/C17H19N5/c1-13-5-7-19-17(20-13)21-16-6-8-22(12-16)11-15-4-2-3-14(9-15)10-18/h2-5,7,9,16H,6,8,11-12H2,1H3,(H,19,20,21). The van der Waals surface area contributed by atoms with Crippen molar-refractivity contribution in [1.82, 2.24) is 14.9 Å². The van der Waals surface area contributed by atoms with Crippen LogP contribution in [0.5, 0.6) is 0 Å². The lowest BCUT2D eigenvalue weighted by Crippen LogP contribution is -2.26. The van der Waals surface area contributed by atoms with Gasteiger partial charge in [-0.1, -0.05) is 12.1 Å². The summed E-state index contributed by atoms with van der Waals surface area (Å²) in [7, 11) is 0. The topological polar surface area (TPSA) is 64.8 Å². The van der Waals surface area contributed by atoms with Gasteiger partial charge in [-0.2, -0.15) is 5.26 Å². The Labute approximate surface area is 130 Å². The molecule has 1 unspecified atom stereocenters. The number of hydrogen-bond acceptors (Lipinski definition) is 5. The van der Waals surface area contributed by atoms with Crippen LogP contribution >= 0.6 is 0 Å². The summed E-state index contributed by atoms with van der Waals surface area (Å²) in [6.45, 7) is 4.85. The third-order valence-corrected chi connectivity index (χ3v) is 3.86. The lowest BCUT2D eigenvalue weighted by atomic mass is 10.1. The molecular weight excluding hydrogens is 274 g/mol. The zero-order valence-corrected chi connectivity index (χ0v) is 12.7. The normalized spacial score (nSPS) is 18.1. The van der Waals surface area contributed by atoms with Crippen molar-refractivity contribution >= 4 is 5.95 Å². The van der Waals surface area contributed by atoms with E-state index in [-0.39, 0.29) is 0 Å². The fourth-order valence-electron chi connectivity index (χ4n) is 2.79. The maximum atomic E-state index is 8.96. The van der Waals surface area contributed by atoms with Gasteiger partial charge in [0.2, 0.25) is 5.95 Å². The van der Waals surface area contributed by atoms with E-state index in [1.165, 1.54) is 5.56 Å². The molecule has 1 aliphatic rings. The minimum Gasteiger partial charge on any atom is -0.350 e. The molecule has 3 rings (SSSR count). The van der Waals surface area contributed by atoms with Crippen LogP contribution in [0.4, 0.5) is 5.95 Å². The first-order chi connectivity index (χ1) is 10.7. The summed E-state index contributed by atoms with van der Waals surface area (Å²) in [6, 6.07) is 12.3. The summed E-state index contributed by atoms with van der Waals surface area (Å²) >= 11 is 0. The summed E-state index contributed by atoms with van der Waals surface area (Å²) in [4.78, 5) is 11.0. The highest BCUT2D eigenvalue weighted by molar-refractivity contribution is 5.33. The van der Waals surface area contributed by atoms with Gasteiger partial charge in [-0.15, -0.1) is 0 Å². The molecule has 22 heavy (non-hydrogen) atoms. The van der Waals surface area contributed by atoms with Crippen LogP contribution in [0.1, 0.15) is 23.2 Å². The SMILES string of the molecule is Cc1ccnc(NC2CCN(Cc3cccc(C#N)c3)C2)n1. The Morgan fingerprint density at radius 2 is 2.32 bits per heavy atom. The Morgan fingerprint density at radius 1 is 1.41 bits per heavy atom. The smallest absolute Gasteiger partial charge is 0.223 e. The molecule has 1 aliphatic heterocycles. The Bertz CT molecular complexity index is 691. The molecule has 0 saturated carbocycles. The Kier molecular flexibility index (Phi) is 4.31. The summed E-state index contributed by atoms with van der Waals surface area (Å²) in [6.07, 6.45) is 2.86. The zero-order chi connectivity index (χ0) is 15.4. The Balaban J connectivity index is 1.57. The average Bonchev–Trinajstić information content (AvgIpc) is 2.94. The van der Waals surface area contributed by atoms with E-state index in [4.69, 9.17) is 5.26 Å². The molecule has 1 fully saturated rings. The maximum Gasteiger partial charge on any atom is 0.223 e. The molecule has 1 saturated heterocycles. The number of anilines is 1. The van der Waals surface area contributed by atoms with Gasteiger partial charge in [0.25, 0.3) is 0 Å². The fourth-order valence-corrected chi connectivity index (χ4v) is 2.79. The molecule has 5 nitrogen and oxygen atoms in total. The van der Waals surface area contributed by atoms with Crippen molar-refractivity contribution in [3.63, 3.8) is 0 Å². The second-order valence-corrected chi connectivity index (χ2v) is 5.70. The van der Waals surface area contributed by atoms with Crippen LogP contribution in [0.3, 0.4) is 0 Å². The van der Waals surface area contributed by atoms with E-state index >= 15 is 0 Å². The number of rotatable bonds is 4.